The first-order chi connectivity index (χ1) is 7.66. The summed E-state index contributed by atoms with van der Waals surface area (Å²) in [7, 11) is 0. The van der Waals surface area contributed by atoms with E-state index >= 15 is 0 Å². The summed E-state index contributed by atoms with van der Waals surface area (Å²) in [5, 5.41) is 0.742. The highest BCUT2D eigenvalue weighted by Crippen LogP contribution is 2.22. The van der Waals surface area contributed by atoms with Crippen LogP contribution in [0.15, 0.2) is 41.0 Å². The summed E-state index contributed by atoms with van der Waals surface area (Å²) in [6.45, 7) is 2.02. The van der Waals surface area contributed by atoms with Crippen LogP contribution in [0.3, 0.4) is 0 Å². The molecule has 0 bridgehead atoms. The first-order valence-electron chi connectivity index (χ1n) is 5.21. The Labute approximate surface area is 100 Å². The Morgan fingerprint density at radius 2 is 2.19 bits per heavy atom. The van der Waals surface area contributed by atoms with Crippen molar-refractivity contribution in [3.63, 3.8) is 0 Å². The first-order valence-corrected chi connectivity index (χ1v) is 5.58. The topological polar surface area (TPSA) is 39.2 Å². The van der Waals surface area contributed by atoms with E-state index in [2.05, 4.69) is 0 Å². The van der Waals surface area contributed by atoms with Gasteiger partial charge in [-0.15, -0.1) is 0 Å². The van der Waals surface area contributed by atoms with E-state index in [0.29, 0.717) is 6.42 Å². The smallest absolute Gasteiger partial charge is 0.105 e. The van der Waals surface area contributed by atoms with Crippen molar-refractivity contribution < 1.29 is 4.42 Å². The summed E-state index contributed by atoms with van der Waals surface area (Å²) in [4.78, 5) is 0. The summed E-state index contributed by atoms with van der Waals surface area (Å²) < 4.78 is 5.28. The van der Waals surface area contributed by atoms with Gasteiger partial charge in [-0.05, 0) is 42.3 Å². The van der Waals surface area contributed by atoms with Gasteiger partial charge in [0.25, 0.3) is 0 Å². The van der Waals surface area contributed by atoms with Crippen LogP contribution >= 0.6 is 11.6 Å². The van der Waals surface area contributed by atoms with Crippen molar-refractivity contribution in [2.75, 3.05) is 0 Å². The lowest BCUT2D eigenvalue weighted by atomic mass is 9.99. The number of rotatable bonds is 3. The molecule has 2 rings (SSSR count). The Morgan fingerprint density at radius 3 is 2.81 bits per heavy atom. The van der Waals surface area contributed by atoms with Crippen molar-refractivity contribution in [3.05, 3.63) is 58.5 Å². The molecule has 0 spiro atoms. The number of halogens is 1. The van der Waals surface area contributed by atoms with Crippen LogP contribution < -0.4 is 5.73 Å². The molecule has 2 N–H and O–H groups in total. The molecule has 2 aromatic rings. The number of benzene rings is 1. The zero-order chi connectivity index (χ0) is 11.5. The van der Waals surface area contributed by atoms with Gasteiger partial charge >= 0.3 is 0 Å². The van der Waals surface area contributed by atoms with Gasteiger partial charge in [-0.2, -0.15) is 0 Å². The molecule has 16 heavy (non-hydrogen) atoms. The summed E-state index contributed by atoms with van der Waals surface area (Å²) in [5.74, 6) is 0.904. The minimum Gasteiger partial charge on any atom is -0.469 e. The molecule has 1 unspecified atom stereocenters. The van der Waals surface area contributed by atoms with E-state index in [9.17, 15) is 0 Å². The number of hydrogen-bond acceptors (Lipinski definition) is 2. The molecule has 0 aliphatic carbocycles. The number of hydrogen-bond donors (Lipinski definition) is 1. The molecule has 1 aromatic carbocycles. The lowest BCUT2D eigenvalue weighted by Gasteiger charge is -2.13. The van der Waals surface area contributed by atoms with E-state index < -0.39 is 0 Å². The first kappa shape index (κ1) is 11.2. The minimum absolute atomic E-state index is 0.0524. The number of furan rings is 1. The van der Waals surface area contributed by atoms with Crippen molar-refractivity contribution in [2.45, 2.75) is 19.4 Å². The Morgan fingerprint density at radius 1 is 1.38 bits per heavy atom. The van der Waals surface area contributed by atoms with Gasteiger partial charge in [-0.1, -0.05) is 17.7 Å². The quantitative estimate of drug-likeness (QED) is 0.885. The lowest BCUT2D eigenvalue weighted by molar-refractivity contribution is 0.488. The maximum atomic E-state index is 6.13. The minimum atomic E-state index is -0.0524. The molecule has 0 amide bonds. The van der Waals surface area contributed by atoms with Gasteiger partial charge in [-0.25, -0.2) is 0 Å². The molecule has 0 fully saturated rings. The maximum Gasteiger partial charge on any atom is 0.105 e. The van der Waals surface area contributed by atoms with E-state index in [4.69, 9.17) is 21.8 Å². The van der Waals surface area contributed by atoms with E-state index in [1.54, 1.807) is 6.26 Å². The van der Waals surface area contributed by atoms with Crippen molar-refractivity contribution in [3.8, 4) is 0 Å². The zero-order valence-electron chi connectivity index (χ0n) is 9.11. The van der Waals surface area contributed by atoms with E-state index in [1.165, 1.54) is 0 Å². The van der Waals surface area contributed by atoms with E-state index in [0.717, 1.165) is 21.9 Å². The van der Waals surface area contributed by atoms with Gasteiger partial charge < -0.3 is 10.2 Å². The fraction of sp³-hybridized carbons (Fsp3) is 0.231. The van der Waals surface area contributed by atoms with Gasteiger partial charge in [0.05, 0.1) is 6.26 Å². The molecule has 0 aliphatic heterocycles. The van der Waals surface area contributed by atoms with Crippen molar-refractivity contribution in [2.24, 2.45) is 5.73 Å². The molecule has 0 aliphatic rings. The summed E-state index contributed by atoms with van der Waals surface area (Å²) in [5.41, 5.74) is 8.36. The Balaban J connectivity index is 2.17. The molecule has 0 radical (unpaired) electrons. The van der Waals surface area contributed by atoms with Gasteiger partial charge in [-0.3, -0.25) is 0 Å². The maximum absolute atomic E-state index is 6.13. The zero-order valence-corrected chi connectivity index (χ0v) is 9.87. The SMILES string of the molecule is Cc1cc(Cl)ccc1C(N)Cc1ccco1. The molecular weight excluding hydrogens is 222 g/mol. The van der Waals surface area contributed by atoms with Crippen molar-refractivity contribution in [1.82, 2.24) is 0 Å². The normalized spacial score (nSPS) is 12.7. The Kier molecular flexibility index (Phi) is 3.32. The standard InChI is InChI=1S/C13H14ClNO/c1-9-7-10(14)4-5-12(9)13(15)8-11-3-2-6-16-11/h2-7,13H,8,15H2,1H3. The fourth-order valence-corrected chi connectivity index (χ4v) is 2.04. The van der Waals surface area contributed by atoms with Gasteiger partial charge in [0, 0.05) is 17.5 Å². The van der Waals surface area contributed by atoms with Crippen LogP contribution in [-0.4, -0.2) is 0 Å². The van der Waals surface area contributed by atoms with Crippen molar-refractivity contribution in [1.29, 1.82) is 0 Å². The number of aryl methyl sites for hydroxylation is 1. The average molecular weight is 236 g/mol. The highest BCUT2D eigenvalue weighted by atomic mass is 35.5. The van der Waals surface area contributed by atoms with Crippen LogP contribution in [0.4, 0.5) is 0 Å². The van der Waals surface area contributed by atoms with Gasteiger partial charge in [0.1, 0.15) is 5.76 Å². The van der Waals surface area contributed by atoms with Crippen LogP contribution in [0.5, 0.6) is 0 Å². The molecule has 1 atom stereocenters. The molecule has 0 saturated heterocycles. The predicted molar refractivity (Wildman–Crippen MR) is 65.5 cm³/mol. The summed E-state index contributed by atoms with van der Waals surface area (Å²) >= 11 is 5.91. The van der Waals surface area contributed by atoms with Gasteiger partial charge in [0.15, 0.2) is 0 Å². The van der Waals surface area contributed by atoms with Crippen molar-refractivity contribution >= 4 is 11.6 Å². The van der Waals surface area contributed by atoms with Crippen LogP contribution in [0.2, 0.25) is 5.02 Å². The monoisotopic (exact) mass is 235 g/mol. The number of nitrogens with two attached hydrogens (primary N) is 1. The third-order valence-corrected chi connectivity index (χ3v) is 2.87. The average Bonchev–Trinajstić information content (AvgIpc) is 2.70. The summed E-state index contributed by atoms with van der Waals surface area (Å²) in [6, 6.07) is 9.53. The molecule has 1 heterocycles. The summed E-state index contributed by atoms with van der Waals surface area (Å²) in [6.07, 6.45) is 2.37. The highest BCUT2D eigenvalue weighted by Gasteiger charge is 2.11. The van der Waals surface area contributed by atoms with E-state index in [1.807, 2.05) is 37.3 Å². The second-order valence-electron chi connectivity index (χ2n) is 3.89. The molecule has 0 saturated carbocycles. The molecule has 2 nitrogen and oxygen atoms in total. The largest absolute Gasteiger partial charge is 0.469 e. The highest BCUT2D eigenvalue weighted by molar-refractivity contribution is 6.30. The van der Waals surface area contributed by atoms with Crippen LogP contribution in [0, 0.1) is 6.92 Å². The third kappa shape index (κ3) is 2.46. The fourth-order valence-electron chi connectivity index (χ4n) is 1.81. The second-order valence-corrected chi connectivity index (χ2v) is 4.33. The predicted octanol–water partition coefficient (Wildman–Crippen LogP) is 3.48. The van der Waals surface area contributed by atoms with Crippen LogP contribution in [-0.2, 0) is 6.42 Å². The van der Waals surface area contributed by atoms with E-state index in [-0.39, 0.29) is 6.04 Å². The molecule has 3 heteroatoms. The Bertz CT molecular complexity index is 465. The third-order valence-electron chi connectivity index (χ3n) is 2.63. The molecule has 84 valence electrons. The Hall–Kier alpha value is -1.25. The molecular formula is C13H14ClNO. The van der Waals surface area contributed by atoms with Gasteiger partial charge in [0.2, 0.25) is 0 Å². The lowest BCUT2D eigenvalue weighted by Crippen LogP contribution is -2.14. The second kappa shape index (κ2) is 4.73. The van der Waals surface area contributed by atoms with Crippen LogP contribution in [0.1, 0.15) is 22.9 Å². The molecule has 1 aromatic heterocycles. The van der Waals surface area contributed by atoms with Crippen LogP contribution in [0.25, 0.3) is 0 Å².